The Morgan fingerprint density at radius 3 is 1.65 bits per heavy atom. The number of benzene rings is 4. The van der Waals surface area contributed by atoms with Crippen molar-refractivity contribution in [2.75, 3.05) is 13.2 Å². The third kappa shape index (κ3) is 10.9. The second-order valence-electron chi connectivity index (χ2n) is 14.4. The lowest BCUT2D eigenvalue weighted by Crippen LogP contribution is -2.40. The fraction of sp³-hybridized carbons (Fsp3) is 0.333. The van der Waals surface area contributed by atoms with Crippen molar-refractivity contribution in [3.63, 3.8) is 0 Å². The summed E-state index contributed by atoms with van der Waals surface area (Å²) in [4.78, 5) is 24.7. The molecule has 0 fully saturated rings. The van der Waals surface area contributed by atoms with Crippen LogP contribution < -0.4 is 9.92 Å². The molecule has 0 heterocycles. The summed E-state index contributed by atoms with van der Waals surface area (Å²) < 4.78 is 49.1. The molecule has 0 aromatic heterocycles. The standard InChI is InChI=1S/C45H52F2O6Si/c1-8-9-25-54(6,7)38-19-17-33(18-20-38)32-13-15-34(16-14-32)39-21-22-40(42(47)41(39)46)35-26-36(28-52-44(49)30(2)3)43(51-24-12-10-11-23-48)37(27-35)29-53-45(50)31(4)5/h13-22,26-27,48H,2,4,8-12,23-25,28-29H2,1,3,5-7H3. The Labute approximate surface area is 319 Å². The Balaban J connectivity index is 1.69. The highest BCUT2D eigenvalue weighted by atomic mass is 28.3. The minimum absolute atomic E-state index is 0.0344. The second-order valence-corrected chi connectivity index (χ2v) is 19.2. The monoisotopic (exact) mass is 754 g/mol. The Morgan fingerprint density at radius 2 is 1.17 bits per heavy atom. The van der Waals surface area contributed by atoms with Gasteiger partial charge in [-0.2, -0.15) is 0 Å². The van der Waals surface area contributed by atoms with Crippen molar-refractivity contribution in [3.05, 3.63) is 120 Å². The molecule has 0 saturated heterocycles. The summed E-state index contributed by atoms with van der Waals surface area (Å²) >= 11 is 0. The van der Waals surface area contributed by atoms with Crippen LogP contribution >= 0.6 is 0 Å². The molecule has 0 unspecified atom stereocenters. The molecule has 0 radical (unpaired) electrons. The van der Waals surface area contributed by atoms with Gasteiger partial charge in [0.2, 0.25) is 0 Å². The maximum absolute atomic E-state index is 16.1. The highest BCUT2D eigenvalue weighted by molar-refractivity contribution is 6.89. The average molecular weight is 755 g/mol. The van der Waals surface area contributed by atoms with E-state index >= 15 is 8.78 Å². The minimum atomic E-state index is -1.50. The largest absolute Gasteiger partial charge is 0.493 e. The first-order chi connectivity index (χ1) is 25.8. The van der Waals surface area contributed by atoms with Crippen LogP contribution in [0.4, 0.5) is 8.78 Å². The fourth-order valence-electron chi connectivity index (χ4n) is 6.12. The van der Waals surface area contributed by atoms with E-state index in [1.807, 2.05) is 12.1 Å². The van der Waals surface area contributed by atoms with E-state index < -0.39 is 31.6 Å². The normalized spacial score (nSPS) is 11.3. The third-order valence-electron chi connectivity index (χ3n) is 9.45. The van der Waals surface area contributed by atoms with E-state index in [0.29, 0.717) is 41.7 Å². The zero-order valence-electron chi connectivity index (χ0n) is 32.2. The average Bonchev–Trinajstić information content (AvgIpc) is 3.16. The summed E-state index contributed by atoms with van der Waals surface area (Å²) in [6, 6.07) is 23.6. The summed E-state index contributed by atoms with van der Waals surface area (Å²) in [5.41, 5.74) is 4.01. The Morgan fingerprint density at radius 1 is 0.685 bits per heavy atom. The van der Waals surface area contributed by atoms with Crippen LogP contribution in [0.3, 0.4) is 0 Å². The Kier molecular flexibility index (Phi) is 15.1. The van der Waals surface area contributed by atoms with Gasteiger partial charge in [0.15, 0.2) is 11.6 Å². The smallest absolute Gasteiger partial charge is 0.333 e. The highest BCUT2D eigenvalue weighted by Crippen LogP contribution is 2.37. The molecule has 4 rings (SSSR count). The number of carbonyl (C=O) groups excluding carboxylic acids is 2. The van der Waals surface area contributed by atoms with Crippen molar-refractivity contribution in [1.29, 1.82) is 0 Å². The summed E-state index contributed by atoms with van der Waals surface area (Å²) in [5.74, 6) is -3.06. The van der Waals surface area contributed by atoms with Gasteiger partial charge >= 0.3 is 11.9 Å². The molecular weight excluding hydrogens is 703 g/mol. The van der Waals surface area contributed by atoms with Crippen LogP contribution in [0.2, 0.25) is 19.1 Å². The van der Waals surface area contributed by atoms with Gasteiger partial charge in [-0.1, -0.05) is 118 Å². The summed E-state index contributed by atoms with van der Waals surface area (Å²) in [7, 11) is -1.50. The molecule has 54 heavy (non-hydrogen) atoms. The van der Waals surface area contributed by atoms with Crippen LogP contribution in [0.1, 0.15) is 64.0 Å². The zero-order chi connectivity index (χ0) is 39.4. The molecule has 0 aliphatic heterocycles. The van der Waals surface area contributed by atoms with E-state index in [2.05, 4.69) is 57.4 Å². The van der Waals surface area contributed by atoms with Gasteiger partial charge in [-0.15, -0.1) is 0 Å². The van der Waals surface area contributed by atoms with E-state index in [1.54, 1.807) is 24.3 Å². The number of aliphatic hydroxyl groups excluding tert-OH is 1. The van der Waals surface area contributed by atoms with E-state index in [4.69, 9.17) is 19.3 Å². The first-order valence-electron chi connectivity index (χ1n) is 18.5. The number of hydrogen-bond acceptors (Lipinski definition) is 6. The number of hydrogen-bond donors (Lipinski definition) is 1. The summed E-state index contributed by atoms with van der Waals surface area (Å²) in [5, 5.41) is 10.6. The first kappa shape index (κ1) is 41.9. The molecule has 4 aromatic carbocycles. The SMILES string of the molecule is C=C(C)C(=O)OCc1cc(-c2ccc(-c3ccc(-c4ccc([Si](C)(C)CCCC)cc4)cc3)c(F)c2F)cc(COC(=O)C(=C)C)c1OCCCCCO. The van der Waals surface area contributed by atoms with Crippen LogP contribution in [0, 0.1) is 11.6 Å². The van der Waals surface area contributed by atoms with Crippen molar-refractivity contribution in [2.45, 2.75) is 85.2 Å². The third-order valence-corrected chi connectivity index (χ3v) is 13.0. The molecular formula is C45H52F2O6Si. The molecule has 4 aromatic rings. The Bertz CT molecular complexity index is 1900. The molecule has 0 amide bonds. The molecule has 0 aliphatic carbocycles. The molecule has 6 nitrogen and oxygen atoms in total. The van der Waals surface area contributed by atoms with E-state index in [-0.39, 0.29) is 54.3 Å². The topological polar surface area (TPSA) is 82.1 Å². The maximum Gasteiger partial charge on any atom is 0.333 e. The van der Waals surface area contributed by atoms with Crippen molar-refractivity contribution >= 4 is 25.2 Å². The number of aliphatic hydroxyl groups is 1. The van der Waals surface area contributed by atoms with Gasteiger partial charge in [0.1, 0.15) is 19.0 Å². The molecule has 0 spiro atoms. The lowest BCUT2D eigenvalue weighted by atomic mass is 9.95. The van der Waals surface area contributed by atoms with Gasteiger partial charge in [0.25, 0.3) is 0 Å². The number of ether oxygens (including phenoxy) is 3. The number of halogens is 2. The number of esters is 2. The first-order valence-corrected chi connectivity index (χ1v) is 21.7. The molecule has 9 heteroatoms. The van der Waals surface area contributed by atoms with E-state index in [1.165, 1.54) is 50.1 Å². The number of carbonyl (C=O) groups is 2. The van der Waals surface area contributed by atoms with E-state index in [0.717, 1.165) is 11.1 Å². The second kappa shape index (κ2) is 19.5. The minimum Gasteiger partial charge on any atom is -0.493 e. The van der Waals surface area contributed by atoms with Crippen LogP contribution in [0.25, 0.3) is 33.4 Å². The summed E-state index contributed by atoms with van der Waals surface area (Å²) in [6.45, 7) is 17.1. The van der Waals surface area contributed by atoms with Crippen molar-refractivity contribution < 1.29 is 37.7 Å². The lowest BCUT2D eigenvalue weighted by molar-refractivity contribution is -0.140. The molecule has 0 bridgehead atoms. The summed E-state index contributed by atoms with van der Waals surface area (Å²) in [6.07, 6.45) is 4.35. The van der Waals surface area contributed by atoms with Crippen molar-refractivity contribution in [2.24, 2.45) is 0 Å². The molecule has 1 N–H and O–H groups in total. The van der Waals surface area contributed by atoms with E-state index in [9.17, 15) is 9.59 Å². The quantitative estimate of drug-likeness (QED) is 0.0444. The molecule has 0 atom stereocenters. The predicted molar refractivity (Wildman–Crippen MR) is 215 cm³/mol. The maximum atomic E-state index is 16.1. The van der Waals surface area contributed by atoms with Crippen LogP contribution in [-0.2, 0) is 32.3 Å². The molecule has 286 valence electrons. The number of unbranched alkanes of at least 4 members (excludes halogenated alkanes) is 3. The van der Waals surface area contributed by atoms with Gasteiger partial charge in [-0.3, -0.25) is 0 Å². The van der Waals surface area contributed by atoms with Gasteiger partial charge in [-0.05, 0) is 67.5 Å². The predicted octanol–water partition coefficient (Wildman–Crippen LogP) is 10.5. The van der Waals surface area contributed by atoms with Gasteiger partial charge in [0.05, 0.1) is 14.7 Å². The molecule has 0 saturated carbocycles. The van der Waals surface area contributed by atoms with Crippen LogP contribution in [0.15, 0.2) is 97.1 Å². The number of rotatable bonds is 19. The fourth-order valence-corrected chi connectivity index (χ4v) is 8.72. The van der Waals surface area contributed by atoms with Crippen LogP contribution in [0.5, 0.6) is 5.75 Å². The van der Waals surface area contributed by atoms with Gasteiger partial charge < -0.3 is 19.3 Å². The zero-order valence-corrected chi connectivity index (χ0v) is 33.2. The Hall–Kier alpha value is -4.86. The van der Waals surface area contributed by atoms with Crippen LogP contribution in [-0.4, -0.2) is 38.3 Å². The molecule has 0 aliphatic rings. The lowest BCUT2D eigenvalue weighted by Gasteiger charge is -2.23. The van der Waals surface area contributed by atoms with Gasteiger partial charge in [-0.25, -0.2) is 18.4 Å². The van der Waals surface area contributed by atoms with Crippen molar-refractivity contribution in [1.82, 2.24) is 0 Å². The highest BCUT2D eigenvalue weighted by Gasteiger charge is 2.23. The van der Waals surface area contributed by atoms with Crippen molar-refractivity contribution in [3.8, 4) is 39.1 Å². The van der Waals surface area contributed by atoms with Gasteiger partial charge in [0, 0.05) is 40.0 Å².